The van der Waals surface area contributed by atoms with Crippen molar-refractivity contribution < 1.29 is 9.53 Å². The maximum absolute atomic E-state index is 12.9. The van der Waals surface area contributed by atoms with Gasteiger partial charge in [-0.1, -0.05) is 87.9 Å². The minimum absolute atomic E-state index is 0.0330. The smallest absolute Gasteiger partial charge is 0.336 e. The predicted molar refractivity (Wildman–Crippen MR) is 117 cm³/mol. The van der Waals surface area contributed by atoms with E-state index in [1.54, 1.807) is 6.08 Å². The van der Waals surface area contributed by atoms with Gasteiger partial charge >= 0.3 is 5.97 Å². The number of nitrogens with zero attached hydrogens (tertiary/aromatic N) is 1. The number of hydrogen-bond donors (Lipinski definition) is 0. The molecule has 2 aromatic carbocycles. The second kappa shape index (κ2) is 9.09. The van der Waals surface area contributed by atoms with Crippen molar-refractivity contribution in [2.45, 2.75) is 51.6 Å². The number of benzene rings is 2. The number of ether oxygens (including phenoxy) is 1. The normalized spacial score (nSPS) is 22.6. The van der Waals surface area contributed by atoms with Crippen LogP contribution in [-0.2, 0) is 14.9 Å². The zero-order valence-electron chi connectivity index (χ0n) is 17.5. The molecule has 150 valence electrons. The molecule has 1 aliphatic rings. The second-order valence-corrected chi connectivity index (χ2v) is 8.61. The average molecular weight is 388 g/mol. The van der Waals surface area contributed by atoms with Crippen molar-refractivity contribution >= 4 is 12.0 Å². The third-order valence-electron chi connectivity index (χ3n) is 6.19. The average Bonchev–Trinajstić information content (AvgIpc) is 2.73. The van der Waals surface area contributed by atoms with E-state index >= 15 is 0 Å². The summed E-state index contributed by atoms with van der Waals surface area (Å²) < 4.78 is 5.99. The highest BCUT2D eigenvalue weighted by atomic mass is 16.5. The molecular weight excluding hydrogens is 358 g/mol. The summed E-state index contributed by atoms with van der Waals surface area (Å²) in [6.07, 6.45) is 4.39. The maximum atomic E-state index is 12.9. The first kappa shape index (κ1) is 20.9. The lowest BCUT2D eigenvalue weighted by molar-refractivity contribution is -0.151. The molecule has 0 radical (unpaired) electrons. The summed E-state index contributed by atoms with van der Waals surface area (Å²) in [6.45, 7) is 14.1. The van der Waals surface area contributed by atoms with Crippen molar-refractivity contribution in [3.05, 3.63) is 88.9 Å². The van der Waals surface area contributed by atoms with E-state index in [1.807, 2.05) is 36.4 Å². The van der Waals surface area contributed by atoms with Crippen LogP contribution >= 0.6 is 0 Å². The largest absolute Gasteiger partial charge is 0.467 e. The molecule has 2 aromatic rings. The summed E-state index contributed by atoms with van der Waals surface area (Å²) in [5, 5.41) is 0. The number of esters is 1. The molecule has 1 fully saturated rings. The SMILES string of the molecule is [C-]#[N+]/C(=C\c1ccccc1)C(=O)O[C@@H]1C[C@H](C)CC[C@H]1C(C)(C)c1ccccc1. The molecule has 0 bridgehead atoms. The lowest BCUT2D eigenvalue weighted by Crippen LogP contribution is -2.43. The van der Waals surface area contributed by atoms with Crippen molar-refractivity contribution in [1.29, 1.82) is 0 Å². The van der Waals surface area contributed by atoms with Crippen LogP contribution in [0.2, 0.25) is 0 Å². The van der Waals surface area contributed by atoms with Crippen molar-refractivity contribution in [2.75, 3.05) is 0 Å². The Labute approximate surface area is 174 Å². The highest BCUT2D eigenvalue weighted by Gasteiger charge is 2.42. The molecule has 3 atom stereocenters. The molecule has 0 unspecified atom stereocenters. The van der Waals surface area contributed by atoms with Gasteiger partial charge in [0.15, 0.2) is 0 Å². The number of rotatable bonds is 5. The van der Waals surface area contributed by atoms with Crippen molar-refractivity contribution in [1.82, 2.24) is 0 Å². The third kappa shape index (κ3) is 4.95. The lowest BCUT2D eigenvalue weighted by Gasteiger charge is -2.44. The Hall–Kier alpha value is -2.86. The Morgan fingerprint density at radius 2 is 1.69 bits per heavy atom. The Morgan fingerprint density at radius 3 is 2.31 bits per heavy atom. The predicted octanol–water partition coefficient (Wildman–Crippen LogP) is 6.27. The van der Waals surface area contributed by atoms with Gasteiger partial charge in [-0.3, -0.25) is 4.79 Å². The van der Waals surface area contributed by atoms with Gasteiger partial charge in [-0.25, -0.2) is 4.85 Å². The summed E-state index contributed by atoms with van der Waals surface area (Å²) in [5.74, 6) is 0.204. The molecule has 3 rings (SSSR count). The van der Waals surface area contributed by atoms with Crippen LogP contribution < -0.4 is 0 Å². The summed E-state index contributed by atoms with van der Waals surface area (Å²) in [5.41, 5.74) is 2.00. The quantitative estimate of drug-likeness (QED) is 0.344. The van der Waals surface area contributed by atoms with Gasteiger partial charge in [0.25, 0.3) is 5.70 Å². The minimum Gasteiger partial charge on any atom is -0.467 e. The molecule has 0 heterocycles. The number of carbonyl (C=O) groups is 1. The van der Waals surface area contributed by atoms with E-state index in [2.05, 4.69) is 49.9 Å². The Balaban J connectivity index is 1.83. The first-order valence-electron chi connectivity index (χ1n) is 10.3. The van der Waals surface area contributed by atoms with Crippen LogP contribution in [0.25, 0.3) is 10.9 Å². The van der Waals surface area contributed by atoms with E-state index in [9.17, 15) is 4.79 Å². The van der Waals surface area contributed by atoms with Crippen LogP contribution in [0.5, 0.6) is 0 Å². The monoisotopic (exact) mass is 387 g/mol. The highest BCUT2D eigenvalue weighted by molar-refractivity contribution is 5.95. The van der Waals surface area contributed by atoms with E-state index in [-0.39, 0.29) is 23.1 Å². The fourth-order valence-corrected chi connectivity index (χ4v) is 4.41. The van der Waals surface area contributed by atoms with Crippen LogP contribution in [0, 0.1) is 18.4 Å². The third-order valence-corrected chi connectivity index (χ3v) is 6.19. The molecule has 3 heteroatoms. The number of carbonyl (C=O) groups excluding carboxylic acids is 1. The maximum Gasteiger partial charge on any atom is 0.336 e. The van der Waals surface area contributed by atoms with E-state index in [1.165, 1.54) is 5.56 Å². The zero-order chi connectivity index (χ0) is 20.9. The van der Waals surface area contributed by atoms with Gasteiger partial charge in [-0.15, -0.1) is 0 Å². The van der Waals surface area contributed by atoms with Gasteiger partial charge in [0.1, 0.15) is 6.10 Å². The summed E-state index contributed by atoms with van der Waals surface area (Å²) in [4.78, 5) is 16.3. The molecular formula is C26H29NO2. The first-order chi connectivity index (χ1) is 13.9. The number of hydrogen-bond acceptors (Lipinski definition) is 2. The Bertz CT molecular complexity index is 893. The topological polar surface area (TPSA) is 30.7 Å². The van der Waals surface area contributed by atoms with E-state index in [4.69, 9.17) is 11.3 Å². The van der Waals surface area contributed by atoms with E-state index < -0.39 is 5.97 Å². The standard InChI is InChI=1S/C26H29NO2/c1-19-15-16-22(26(2,3)21-13-9-6-10-14-21)24(17-19)29-25(28)23(27-4)18-20-11-7-5-8-12-20/h5-14,18-19,22,24H,15-17H2,1-3H3/b23-18-/t19-,22-,24-/m1/s1. The van der Waals surface area contributed by atoms with Crippen LogP contribution in [0.3, 0.4) is 0 Å². The van der Waals surface area contributed by atoms with Crippen molar-refractivity contribution in [3.8, 4) is 0 Å². The van der Waals surface area contributed by atoms with Crippen LogP contribution in [0.4, 0.5) is 0 Å². The molecule has 0 spiro atoms. The minimum atomic E-state index is -0.517. The van der Waals surface area contributed by atoms with Gasteiger partial charge < -0.3 is 4.74 Å². The second-order valence-electron chi connectivity index (χ2n) is 8.61. The summed E-state index contributed by atoms with van der Waals surface area (Å²) >= 11 is 0. The van der Waals surface area contributed by atoms with E-state index in [0.29, 0.717) is 5.92 Å². The van der Waals surface area contributed by atoms with Gasteiger partial charge in [0, 0.05) is 5.92 Å². The van der Waals surface area contributed by atoms with Gasteiger partial charge in [-0.2, -0.15) is 0 Å². The molecule has 29 heavy (non-hydrogen) atoms. The molecule has 0 aliphatic heterocycles. The molecule has 0 aromatic heterocycles. The molecule has 0 N–H and O–H groups in total. The van der Waals surface area contributed by atoms with Crippen LogP contribution in [0.1, 0.15) is 51.2 Å². The van der Waals surface area contributed by atoms with Crippen molar-refractivity contribution in [3.63, 3.8) is 0 Å². The van der Waals surface area contributed by atoms with Crippen LogP contribution in [0.15, 0.2) is 66.4 Å². The molecule has 1 aliphatic carbocycles. The lowest BCUT2D eigenvalue weighted by atomic mass is 9.64. The van der Waals surface area contributed by atoms with Gasteiger partial charge in [0.2, 0.25) is 0 Å². The zero-order valence-corrected chi connectivity index (χ0v) is 17.5. The fraction of sp³-hybridized carbons (Fsp3) is 0.385. The summed E-state index contributed by atoms with van der Waals surface area (Å²) in [7, 11) is 0. The Kier molecular flexibility index (Phi) is 6.54. The van der Waals surface area contributed by atoms with Crippen molar-refractivity contribution in [2.24, 2.45) is 11.8 Å². The van der Waals surface area contributed by atoms with Gasteiger partial charge in [0.05, 0.1) is 6.57 Å². The Morgan fingerprint density at radius 1 is 1.07 bits per heavy atom. The first-order valence-corrected chi connectivity index (χ1v) is 10.3. The van der Waals surface area contributed by atoms with Crippen LogP contribution in [-0.4, -0.2) is 12.1 Å². The summed E-state index contributed by atoms with van der Waals surface area (Å²) in [6, 6.07) is 19.9. The molecule has 1 saturated carbocycles. The molecule has 0 amide bonds. The molecule has 3 nitrogen and oxygen atoms in total. The van der Waals surface area contributed by atoms with Gasteiger partial charge in [-0.05, 0) is 41.4 Å². The van der Waals surface area contributed by atoms with E-state index in [0.717, 1.165) is 24.8 Å². The molecule has 0 saturated heterocycles. The highest BCUT2D eigenvalue weighted by Crippen LogP contribution is 2.43. The fourth-order valence-electron chi connectivity index (χ4n) is 4.41.